The van der Waals surface area contributed by atoms with Gasteiger partial charge in [0.05, 0.1) is 5.25 Å². The molecule has 1 rings (SSSR count). The topological polar surface area (TPSA) is 66.4 Å². The number of aliphatic carboxylic acids is 1. The van der Waals surface area contributed by atoms with Crippen molar-refractivity contribution in [3.05, 3.63) is 0 Å². The lowest BCUT2D eigenvalue weighted by molar-refractivity contribution is -0.143. The molecule has 5 heteroatoms. The van der Waals surface area contributed by atoms with Crippen LogP contribution in [0, 0.1) is 5.92 Å². The van der Waals surface area contributed by atoms with E-state index >= 15 is 0 Å². The number of carbonyl (C=O) groups is 2. The largest absolute Gasteiger partial charge is 0.480 e. The van der Waals surface area contributed by atoms with E-state index < -0.39 is 12.0 Å². The van der Waals surface area contributed by atoms with Gasteiger partial charge in [-0.3, -0.25) is 4.79 Å². The number of carboxylic acids is 1. The lowest BCUT2D eigenvalue weighted by atomic mass is 10.0. The fourth-order valence-corrected chi connectivity index (χ4v) is 2.71. The van der Waals surface area contributed by atoms with E-state index in [1.54, 1.807) is 25.6 Å². The van der Waals surface area contributed by atoms with Crippen molar-refractivity contribution in [2.75, 3.05) is 5.75 Å². The summed E-state index contributed by atoms with van der Waals surface area (Å²) in [4.78, 5) is 22.5. The van der Waals surface area contributed by atoms with Crippen LogP contribution < -0.4 is 5.32 Å². The fourth-order valence-electron chi connectivity index (χ4n) is 1.54. The van der Waals surface area contributed by atoms with Gasteiger partial charge in [-0.05, 0) is 24.5 Å². The second-order valence-corrected chi connectivity index (χ2v) is 5.38. The Kier molecular flexibility index (Phi) is 4.45. The summed E-state index contributed by atoms with van der Waals surface area (Å²) < 4.78 is 0. The maximum Gasteiger partial charge on any atom is 0.326 e. The molecule has 0 saturated carbocycles. The van der Waals surface area contributed by atoms with E-state index in [4.69, 9.17) is 5.11 Å². The van der Waals surface area contributed by atoms with Gasteiger partial charge in [-0.15, -0.1) is 11.8 Å². The van der Waals surface area contributed by atoms with Gasteiger partial charge in [0.1, 0.15) is 6.04 Å². The summed E-state index contributed by atoms with van der Waals surface area (Å²) in [6.45, 7) is 3.59. The molecule has 1 unspecified atom stereocenters. The molecular weight excluding hydrogens is 214 g/mol. The van der Waals surface area contributed by atoms with E-state index in [1.807, 2.05) is 0 Å². The zero-order valence-corrected chi connectivity index (χ0v) is 9.84. The summed E-state index contributed by atoms with van der Waals surface area (Å²) in [7, 11) is 0. The molecule has 1 saturated heterocycles. The zero-order valence-electron chi connectivity index (χ0n) is 9.03. The van der Waals surface area contributed by atoms with Gasteiger partial charge in [0.2, 0.25) is 5.91 Å². The van der Waals surface area contributed by atoms with Crippen molar-refractivity contribution in [1.29, 1.82) is 0 Å². The Bertz CT molecular complexity index is 249. The summed E-state index contributed by atoms with van der Waals surface area (Å²) in [5, 5.41) is 11.5. The smallest absolute Gasteiger partial charge is 0.326 e. The number of amides is 1. The summed E-state index contributed by atoms with van der Waals surface area (Å²) in [6.07, 6.45) is 1.91. The van der Waals surface area contributed by atoms with E-state index in [1.165, 1.54) is 0 Å². The predicted octanol–water partition coefficient (Wildman–Crippen LogP) is 1.11. The lowest BCUT2D eigenvalue weighted by Gasteiger charge is -2.19. The summed E-state index contributed by atoms with van der Waals surface area (Å²) in [6, 6.07) is -0.765. The van der Waals surface area contributed by atoms with Crippen LogP contribution in [0.5, 0.6) is 0 Å². The first-order valence-corrected chi connectivity index (χ1v) is 6.22. The Hall–Kier alpha value is -0.710. The van der Waals surface area contributed by atoms with Crippen LogP contribution in [0.25, 0.3) is 0 Å². The summed E-state index contributed by atoms with van der Waals surface area (Å²) >= 11 is 1.61. The van der Waals surface area contributed by atoms with Gasteiger partial charge in [0, 0.05) is 0 Å². The Labute approximate surface area is 93.8 Å². The number of hydrogen-bond donors (Lipinski definition) is 2. The third-order valence-corrected chi connectivity index (χ3v) is 3.83. The molecule has 86 valence electrons. The standard InChI is InChI=1S/C10H17NO3S/c1-6(2)8(10(13)14)11-9(12)7-4-3-5-15-7/h6-8H,3-5H2,1-2H3,(H,11,12)(H,13,14)/t7?,8-/m0/s1. The zero-order chi connectivity index (χ0) is 11.4. The SMILES string of the molecule is CC(C)[C@H](NC(=O)C1CCCS1)C(=O)O. The molecule has 0 aromatic heterocycles. The fraction of sp³-hybridized carbons (Fsp3) is 0.800. The Morgan fingerprint density at radius 2 is 2.13 bits per heavy atom. The molecule has 4 nitrogen and oxygen atoms in total. The van der Waals surface area contributed by atoms with Crippen LogP contribution in [0.1, 0.15) is 26.7 Å². The molecule has 1 amide bonds. The Morgan fingerprint density at radius 3 is 2.53 bits per heavy atom. The quantitative estimate of drug-likeness (QED) is 0.760. The number of carboxylic acid groups (broad SMARTS) is 1. The number of nitrogens with one attached hydrogen (secondary N) is 1. The normalized spacial score (nSPS) is 22.7. The van der Waals surface area contributed by atoms with Crippen LogP contribution >= 0.6 is 11.8 Å². The first kappa shape index (κ1) is 12.4. The van der Waals surface area contributed by atoms with Crippen LogP contribution in [-0.4, -0.2) is 34.0 Å². The molecule has 1 aliphatic rings. The van der Waals surface area contributed by atoms with E-state index in [0.717, 1.165) is 18.6 Å². The molecule has 0 aromatic rings. The van der Waals surface area contributed by atoms with Gasteiger partial charge in [-0.2, -0.15) is 0 Å². The van der Waals surface area contributed by atoms with Crippen molar-refractivity contribution < 1.29 is 14.7 Å². The second-order valence-electron chi connectivity index (χ2n) is 4.07. The second kappa shape index (κ2) is 5.39. The van der Waals surface area contributed by atoms with E-state index in [-0.39, 0.29) is 17.1 Å². The van der Waals surface area contributed by atoms with Gasteiger partial charge in [-0.25, -0.2) is 4.79 Å². The van der Waals surface area contributed by atoms with Crippen molar-refractivity contribution in [3.63, 3.8) is 0 Å². The number of hydrogen-bond acceptors (Lipinski definition) is 3. The molecule has 1 fully saturated rings. The minimum Gasteiger partial charge on any atom is -0.480 e. The van der Waals surface area contributed by atoms with Crippen molar-refractivity contribution in [3.8, 4) is 0 Å². The van der Waals surface area contributed by atoms with Crippen LogP contribution in [0.3, 0.4) is 0 Å². The van der Waals surface area contributed by atoms with Crippen LogP contribution in [0.15, 0.2) is 0 Å². The highest BCUT2D eigenvalue weighted by Crippen LogP contribution is 2.26. The molecular formula is C10H17NO3S. The molecule has 0 aromatic carbocycles. The molecule has 0 bridgehead atoms. The minimum absolute atomic E-state index is 0.0504. The average molecular weight is 231 g/mol. The van der Waals surface area contributed by atoms with Crippen molar-refractivity contribution >= 4 is 23.6 Å². The molecule has 1 heterocycles. The molecule has 0 spiro atoms. The molecule has 2 atom stereocenters. The first-order chi connectivity index (χ1) is 7.02. The van der Waals surface area contributed by atoms with Gasteiger partial charge >= 0.3 is 5.97 Å². The van der Waals surface area contributed by atoms with Crippen molar-refractivity contribution in [2.24, 2.45) is 5.92 Å². The lowest BCUT2D eigenvalue weighted by Crippen LogP contribution is -2.47. The first-order valence-electron chi connectivity index (χ1n) is 5.17. The van der Waals surface area contributed by atoms with Crippen LogP contribution in [0.4, 0.5) is 0 Å². The van der Waals surface area contributed by atoms with Crippen LogP contribution in [0.2, 0.25) is 0 Å². The molecule has 15 heavy (non-hydrogen) atoms. The van der Waals surface area contributed by atoms with Gasteiger partial charge in [0.15, 0.2) is 0 Å². The van der Waals surface area contributed by atoms with E-state index in [2.05, 4.69) is 5.32 Å². The average Bonchev–Trinajstić information content (AvgIpc) is 2.65. The Morgan fingerprint density at radius 1 is 1.47 bits per heavy atom. The molecule has 2 N–H and O–H groups in total. The molecule has 0 radical (unpaired) electrons. The van der Waals surface area contributed by atoms with Gasteiger partial charge in [0.25, 0.3) is 0 Å². The van der Waals surface area contributed by atoms with Gasteiger partial charge in [-0.1, -0.05) is 13.8 Å². The summed E-state index contributed by atoms with van der Waals surface area (Å²) in [5.41, 5.74) is 0. The predicted molar refractivity (Wildman–Crippen MR) is 59.9 cm³/mol. The number of carbonyl (C=O) groups excluding carboxylic acids is 1. The van der Waals surface area contributed by atoms with E-state index in [9.17, 15) is 9.59 Å². The highest BCUT2D eigenvalue weighted by molar-refractivity contribution is 8.00. The third kappa shape index (κ3) is 3.41. The third-order valence-electron chi connectivity index (χ3n) is 2.45. The minimum atomic E-state index is -0.957. The summed E-state index contributed by atoms with van der Waals surface area (Å²) in [5.74, 6) is -0.171. The molecule has 0 aliphatic carbocycles. The van der Waals surface area contributed by atoms with Crippen molar-refractivity contribution in [2.45, 2.75) is 38.0 Å². The highest BCUT2D eigenvalue weighted by Gasteiger charge is 2.29. The monoisotopic (exact) mass is 231 g/mol. The maximum absolute atomic E-state index is 11.7. The Balaban J connectivity index is 2.50. The maximum atomic E-state index is 11.7. The van der Waals surface area contributed by atoms with Crippen molar-refractivity contribution in [1.82, 2.24) is 5.32 Å². The number of thioether (sulfide) groups is 1. The highest BCUT2D eigenvalue weighted by atomic mass is 32.2. The van der Waals surface area contributed by atoms with Crippen LogP contribution in [-0.2, 0) is 9.59 Å². The van der Waals surface area contributed by atoms with E-state index in [0.29, 0.717) is 0 Å². The van der Waals surface area contributed by atoms with Gasteiger partial charge < -0.3 is 10.4 Å². The number of rotatable bonds is 4. The molecule has 1 aliphatic heterocycles.